The number of benzene rings is 1. The summed E-state index contributed by atoms with van der Waals surface area (Å²) < 4.78 is 53.1. The Bertz CT molecular complexity index is 543. The first-order chi connectivity index (χ1) is 8.51. The first kappa shape index (κ1) is 12.6. The van der Waals surface area contributed by atoms with Gasteiger partial charge in [-0.1, -0.05) is 0 Å². The van der Waals surface area contributed by atoms with Crippen LogP contribution in [0.25, 0.3) is 11.3 Å². The minimum absolute atomic E-state index is 0.00926. The second-order valence-electron chi connectivity index (χ2n) is 3.75. The predicted molar refractivity (Wildman–Crippen MR) is 58.2 cm³/mol. The van der Waals surface area contributed by atoms with E-state index < -0.39 is 18.1 Å². The van der Waals surface area contributed by atoms with Crippen LogP contribution in [0.15, 0.2) is 24.4 Å². The Morgan fingerprint density at radius 1 is 1.17 bits per heavy atom. The Hall–Kier alpha value is -1.85. The average Bonchev–Trinajstić information content (AvgIpc) is 2.71. The van der Waals surface area contributed by atoms with Gasteiger partial charge in [0.15, 0.2) is 0 Å². The molecule has 1 aromatic carbocycles. The molecule has 1 aromatic heterocycles. The van der Waals surface area contributed by atoms with Crippen molar-refractivity contribution in [2.24, 2.45) is 0 Å². The maximum atomic E-state index is 13.1. The summed E-state index contributed by atoms with van der Waals surface area (Å²) in [5, 5.41) is 3.91. The van der Waals surface area contributed by atoms with Crippen LogP contribution in [0.3, 0.4) is 0 Å². The van der Waals surface area contributed by atoms with E-state index in [1.165, 1.54) is 10.9 Å². The van der Waals surface area contributed by atoms with Crippen molar-refractivity contribution in [1.82, 2.24) is 9.78 Å². The minimum atomic E-state index is -2.74. The van der Waals surface area contributed by atoms with Gasteiger partial charge in [0.1, 0.15) is 17.3 Å². The summed E-state index contributed by atoms with van der Waals surface area (Å²) in [5.74, 6) is -1.65. The first-order valence-corrected chi connectivity index (χ1v) is 5.33. The summed E-state index contributed by atoms with van der Waals surface area (Å²) in [6, 6.07) is 2.65. The third kappa shape index (κ3) is 2.37. The monoisotopic (exact) mass is 258 g/mol. The van der Waals surface area contributed by atoms with E-state index in [9.17, 15) is 17.6 Å². The second kappa shape index (κ2) is 4.80. The van der Waals surface area contributed by atoms with Crippen LogP contribution in [0.4, 0.5) is 17.6 Å². The molecular formula is C12H10F4N2. The molecule has 0 bridgehead atoms. The van der Waals surface area contributed by atoms with Gasteiger partial charge in [0.2, 0.25) is 0 Å². The molecule has 2 rings (SSSR count). The van der Waals surface area contributed by atoms with Gasteiger partial charge in [-0.2, -0.15) is 5.10 Å². The Morgan fingerprint density at radius 2 is 1.78 bits per heavy atom. The van der Waals surface area contributed by atoms with Crippen molar-refractivity contribution in [3.05, 3.63) is 41.6 Å². The number of rotatable bonds is 3. The van der Waals surface area contributed by atoms with E-state index >= 15 is 0 Å². The quantitative estimate of drug-likeness (QED) is 0.766. The van der Waals surface area contributed by atoms with Crippen molar-refractivity contribution < 1.29 is 17.6 Å². The van der Waals surface area contributed by atoms with Gasteiger partial charge in [0.25, 0.3) is 6.43 Å². The fraction of sp³-hybridized carbons (Fsp3) is 0.250. The van der Waals surface area contributed by atoms with Crippen LogP contribution < -0.4 is 0 Å². The summed E-state index contributed by atoms with van der Waals surface area (Å²) in [4.78, 5) is 0. The van der Waals surface area contributed by atoms with E-state index in [0.717, 1.165) is 12.1 Å². The lowest BCUT2D eigenvalue weighted by molar-refractivity contribution is 0.152. The molecule has 0 aliphatic carbocycles. The number of alkyl halides is 2. The fourth-order valence-electron chi connectivity index (χ4n) is 1.67. The third-order valence-corrected chi connectivity index (χ3v) is 2.49. The van der Waals surface area contributed by atoms with Crippen molar-refractivity contribution in [2.75, 3.05) is 0 Å². The highest BCUT2D eigenvalue weighted by Crippen LogP contribution is 2.30. The zero-order valence-electron chi connectivity index (χ0n) is 9.50. The lowest BCUT2D eigenvalue weighted by atomic mass is 10.1. The van der Waals surface area contributed by atoms with Gasteiger partial charge >= 0.3 is 0 Å². The van der Waals surface area contributed by atoms with Crippen LogP contribution in [0.5, 0.6) is 0 Å². The first-order valence-electron chi connectivity index (χ1n) is 5.33. The standard InChI is InChI=1S/C12H10F4N2/c1-2-18-6-10(12(15)16)11(17-18)7-3-8(13)5-9(14)4-7/h3-6,12H,2H2,1H3. The SMILES string of the molecule is CCn1cc(C(F)F)c(-c2cc(F)cc(F)c2)n1. The van der Waals surface area contributed by atoms with E-state index in [2.05, 4.69) is 5.10 Å². The molecule has 0 atom stereocenters. The number of hydrogen-bond acceptors (Lipinski definition) is 1. The number of hydrogen-bond donors (Lipinski definition) is 0. The molecule has 0 fully saturated rings. The van der Waals surface area contributed by atoms with Crippen molar-refractivity contribution in [1.29, 1.82) is 0 Å². The molecular weight excluding hydrogens is 248 g/mol. The molecule has 2 aromatic rings. The van der Waals surface area contributed by atoms with Crippen molar-refractivity contribution in [3.8, 4) is 11.3 Å². The smallest absolute Gasteiger partial charge is 0.267 e. The third-order valence-electron chi connectivity index (χ3n) is 2.49. The molecule has 0 saturated heterocycles. The van der Waals surface area contributed by atoms with Gasteiger partial charge in [0, 0.05) is 24.4 Å². The van der Waals surface area contributed by atoms with Gasteiger partial charge in [0.05, 0.1) is 5.56 Å². The maximum absolute atomic E-state index is 13.1. The lowest BCUT2D eigenvalue weighted by Crippen LogP contribution is -1.94. The van der Waals surface area contributed by atoms with Gasteiger partial charge in [-0.3, -0.25) is 4.68 Å². The summed E-state index contributed by atoms with van der Waals surface area (Å²) in [7, 11) is 0. The van der Waals surface area contributed by atoms with E-state index in [1.807, 2.05) is 0 Å². The van der Waals surface area contributed by atoms with E-state index in [0.29, 0.717) is 12.6 Å². The topological polar surface area (TPSA) is 17.8 Å². The Balaban J connectivity index is 2.58. The van der Waals surface area contributed by atoms with Crippen molar-refractivity contribution >= 4 is 0 Å². The van der Waals surface area contributed by atoms with E-state index in [-0.39, 0.29) is 16.8 Å². The van der Waals surface area contributed by atoms with E-state index in [4.69, 9.17) is 0 Å². The Morgan fingerprint density at radius 3 is 2.28 bits per heavy atom. The van der Waals surface area contributed by atoms with Gasteiger partial charge in [-0.25, -0.2) is 17.6 Å². The summed E-state index contributed by atoms with van der Waals surface area (Å²) in [6.45, 7) is 2.13. The van der Waals surface area contributed by atoms with Crippen molar-refractivity contribution in [2.45, 2.75) is 19.9 Å². The average molecular weight is 258 g/mol. The summed E-state index contributed by atoms with van der Waals surface area (Å²) >= 11 is 0. The van der Waals surface area contributed by atoms with Gasteiger partial charge in [-0.05, 0) is 19.1 Å². The Labute approximate surface area is 101 Å². The van der Waals surface area contributed by atoms with Gasteiger partial charge in [-0.15, -0.1) is 0 Å². The molecule has 1 heterocycles. The maximum Gasteiger partial charge on any atom is 0.267 e. The predicted octanol–water partition coefficient (Wildman–Crippen LogP) is 3.79. The largest absolute Gasteiger partial charge is 0.272 e. The van der Waals surface area contributed by atoms with Crippen LogP contribution in [-0.2, 0) is 6.54 Å². The number of nitrogens with zero attached hydrogens (tertiary/aromatic N) is 2. The highest BCUT2D eigenvalue weighted by atomic mass is 19.3. The zero-order valence-corrected chi connectivity index (χ0v) is 9.50. The van der Waals surface area contributed by atoms with Crippen molar-refractivity contribution in [3.63, 3.8) is 0 Å². The van der Waals surface area contributed by atoms with Crippen LogP contribution >= 0.6 is 0 Å². The molecule has 0 spiro atoms. The molecule has 18 heavy (non-hydrogen) atoms. The number of halogens is 4. The summed E-state index contributed by atoms with van der Waals surface area (Å²) in [5.41, 5.74) is -0.415. The lowest BCUT2D eigenvalue weighted by Gasteiger charge is -2.02. The van der Waals surface area contributed by atoms with E-state index in [1.54, 1.807) is 6.92 Å². The molecule has 96 valence electrons. The molecule has 0 aliphatic rings. The minimum Gasteiger partial charge on any atom is -0.272 e. The molecule has 0 amide bonds. The molecule has 0 unspecified atom stereocenters. The number of aromatic nitrogens is 2. The molecule has 2 nitrogen and oxygen atoms in total. The molecule has 0 aliphatic heterocycles. The molecule has 0 saturated carbocycles. The molecule has 0 N–H and O–H groups in total. The van der Waals surface area contributed by atoms with Crippen LogP contribution in [0.2, 0.25) is 0 Å². The van der Waals surface area contributed by atoms with Crippen LogP contribution in [0, 0.1) is 11.6 Å². The highest BCUT2D eigenvalue weighted by Gasteiger charge is 2.19. The summed E-state index contributed by atoms with van der Waals surface area (Å²) in [6.07, 6.45) is -1.56. The molecule has 6 heteroatoms. The van der Waals surface area contributed by atoms with Crippen LogP contribution in [-0.4, -0.2) is 9.78 Å². The van der Waals surface area contributed by atoms with Gasteiger partial charge < -0.3 is 0 Å². The van der Waals surface area contributed by atoms with Crippen LogP contribution in [0.1, 0.15) is 18.9 Å². The highest BCUT2D eigenvalue weighted by molar-refractivity contribution is 5.63. The Kier molecular flexibility index (Phi) is 3.36. The molecule has 0 radical (unpaired) electrons. The zero-order chi connectivity index (χ0) is 13.3. The second-order valence-corrected chi connectivity index (χ2v) is 3.75. The normalized spacial score (nSPS) is 11.2. The number of aryl methyl sites for hydroxylation is 1. The fourth-order valence-corrected chi connectivity index (χ4v) is 1.67.